The minimum atomic E-state index is -4.64. The Labute approximate surface area is 151 Å². The van der Waals surface area contributed by atoms with Crippen molar-refractivity contribution in [1.29, 1.82) is 0 Å². The highest BCUT2D eigenvalue weighted by Crippen LogP contribution is 2.34. The molecule has 0 unspecified atom stereocenters. The van der Waals surface area contributed by atoms with Gasteiger partial charge in [0.05, 0.1) is 16.8 Å². The molecule has 2 rings (SSSR count). The third-order valence-electron chi connectivity index (χ3n) is 3.38. The number of anilines is 2. The lowest BCUT2D eigenvalue weighted by atomic mass is 10.1. The predicted molar refractivity (Wildman–Crippen MR) is 90.8 cm³/mol. The van der Waals surface area contributed by atoms with Gasteiger partial charge in [-0.3, -0.25) is 4.79 Å². The van der Waals surface area contributed by atoms with Gasteiger partial charge in [0.25, 0.3) is 5.91 Å². The van der Waals surface area contributed by atoms with E-state index in [0.717, 1.165) is 12.1 Å². The number of carbonyl (C=O) groups excluding carboxylic acids is 2. The van der Waals surface area contributed by atoms with Gasteiger partial charge in [0, 0.05) is 10.7 Å². The highest BCUT2D eigenvalue weighted by molar-refractivity contribution is 6.31. The van der Waals surface area contributed by atoms with Crippen molar-refractivity contribution in [3.05, 3.63) is 58.6 Å². The number of hydrogen-bond donors (Lipinski definition) is 2. The Morgan fingerprint density at radius 3 is 2.46 bits per heavy atom. The van der Waals surface area contributed by atoms with Gasteiger partial charge in [0.1, 0.15) is 0 Å². The summed E-state index contributed by atoms with van der Waals surface area (Å²) in [7, 11) is 0. The van der Waals surface area contributed by atoms with Crippen molar-refractivity contribution < 1.29 is 27.5 Å². The fraction of sp³-hybridized carbons (Fsp3) is 0.176. The number of amides is 1. The van der Waals surface area contributed by atoms with Gasteiger partial charge in [-0.05, 0) is 37.3 Å². The minimum Gasteiger partial charge on any atom is -0.449 e. The number of halogens is 4. The second-order valence-corrected chi connectivity index (χ2v) is 5.75. The average Bonchev–Trinajstić information content (AvgIpc) is 2.54. The van der Waals surface area contributed by atoms with Crippen LogP contribution in [0.25, 0.3) is 0 Å². The first-order valence-corrected chi connectivity index (χ1v) is 7.70. The van der Waals surface area contributed by atoms with Crippen LogP contribution in [0.2, 0.25) is 5.02 Å². The largest absolute Gasteiger partial charge is 0.449 e. The van der Waals surface area contributed by atoms with Gasteiger partial charge in [0.15, 0.2) is 6.10 Å². The summed E-state index contributed by atoms with van der Waals surface area (Å²) in [5.74, 6) is -1.81. The second-order valence-electron chi connectivity index (χ2n) is 5.31. The van der Waals surface area contributed by atoms with Crippen molar-refractivity contribution in [3.8, 4) is 0 Å². The molecule has 0 aliphatic rings. The number of ether oxygens (including phenoxy) is 1. The molecule has 0 saturated heterocycles. The van der Waals surface area contributed by atoms with E-state index >= 15 is 0 Å². The van der Waals surface area contributed by atoms with E-state index in [1.165, 1.54) is 37.3 Å². The van der Waals surface area contributed by atoms with Crippen molar-refractivity contribution >= 4 is 34.9 Å². The number of benzene rings is 2. The summed E-state index contributed by atoms with van der Waals surface area (Å²) in [4.78, 5) is 24.2. The van der Waals surface area contributed by atoms with Crippen molar-refractivity contribution in [1.82, 2.24) is 0 Å². The van der Waals surface area contributed by atoms with Crippen LogP contribution in [0, 0.1) is 0 Å². The summed E-state index contributed by atoms with van der Waals surface area (Å²) in [5.41, 5.74) is 4.26. The lowest BCUT2D eigenvalue weighted by Gasteiger charge is -2.17. The normalized spacial score (nSPS) is 12.3. The van der Waals surface area contributed by atoms with Gasteiger partial charge in [-0.25, -0.2) is 4.79 Å². The lowest BCUT2D eigenvalue weighted by Crippen LogP contribution is -2.31. The maximum absolute atomic E-state index is 12.9. The molecule has 0 fully saturated rings. The van der Waals surface area contributed by atoms with E-state index in [4.69, 9.17) is 22.1 Å². The molecule has 0 bridgehead atoms. The van der Waals surface area contributed by atoms with Gasteiger partial charge >= 0.3 is 12.1 Å². The maximum Gasteiger partial charge on any atom is 0.418 e. The number of carbonyl (C=O) groups is 2. The van der Waals surface area contributed by atoms with Crippen LogP contribution in [0.3, 0.4) is 0 Å². The standard InChI is InChI=1S/C17H14ClF3N2O3/c1-9(26-16(25)11-7-6-10(18)8-13(11)22)15(24)23-14-5-3-2-4-12(14)17(19,20)21/h2-9H,22H2,1H3,(H,23,24)/t9-/m1/s1. The number of alkyl halides is 3. The highest BCUT2D eigenvalue weighted by Gasteiger charge is 2.34. The molecular weight excluding hydrogens is 373 g/mol. The first kappa shape index (κ1) is 19.6. The quantitative estimate of drug-likeness (QED) is 0.611. The number of rotatable bonds is 4. The fourth-order valence-electron chi connectivity index (χ4n) is 2.07. The zero-order valence-corrected chi connectivity index (χ0v) is 14.2. The summed E-state index contributed by atoms with van der Waals surface area (Å²) in [6.07, 6.45) is -5.99. The van der Waals surface area contributed by atoms with Crippen LogP contribution in [0.1, 0.15) is 22.8 Å². The molecule has 2 aromatic rings. The summed E-state index contributed by atoms with van der Waals surface area (Å²) < 4.78 is 43.8. The molecule has 9 heteroatoms. The summed E-state index contributed by atoms with van der Waals surface area (Å²) in [6.45, 7) is 1.23. The van der Waals surface area contributed by atoms with Crippen LogP contribution in [0.5, 0.6) is 0 Å². The Morgan fingerprint density at radius 1 is 1.19 bits per heavy atom. The van der Waals surface area contributed by atoms with Crippen molar-refractivity contribution in [2.24, 2.45) is 0 Å². The Bertz CT molecular complexity index is 840. The van der Waals surface area contributed by atoms with Gasteiger partial charge in [-0.15, -0.1) is 0 Å². The van der Waals surface area contributed by atoms with Crippen molar-refractivity contribution in [3.63, 3.8) is 0 Å². The molecule has 1 amide bonds. The average molecular weight is 387 g/mol. The van der Waals surface area contributed by atoms with E-state index in [1.54, 1.807) is 0 Å². The number of nitrogen functional groups attached to an aromatic ring is 1. The third-order valence-corrected chi connectivity index (χ3v) is 3.61. The van der Waals surface area contributed by atoms with E-state index < -0.39 is 35.4 Å². The molecule has 0 saturated carbocycles. The number of nitrogens with one attached hydrogen (secondary N) is 1. The number of nitrogens with two attached hydrogens (primary N) is 1. The predicted octanol–water partition coefficient (Wildman–Crippen LogP) is 4.13. The molecule has 0 spiro atoms. The van der Waals surface area contributed by atoms with E-state index in [-0.39, 0.29) is 11.3 Å². The zero-order chi connectivity index (χ0) is 19.5. The molecule has 1 atom stereocenters. The van der Waals surface area contributed by atoms with Crippen LogP contribution in [-0.4, -0.2) is 18.0 Å². The monoisotopic (exact) mass is 386 g/mol. The number of para-hydroxylation sites is 1. The number of hydrogen-bond acceptors (Lipinski definition) is 4. The molecule has 0 radical (unpaired) electrons. The number of esters is 1. The Balaban J connectivity index is 2.10. The van der Waals surface area contributed by atoms with Crippen molar-refractivity contribution in [2.45, 2.75) is 19.2 Å². The molecule has 0 aliphatic heterocycles. The van der Waals surface area contributed by atoms with E-state index in [0.29, 0.717) is 5.02 Å². The van der Waals surface area contributed by atoms with Gasteiger partial charge in [0.2, 0.25) is 0 Å². The highest BCUT2D eigenvalue weighted by atomic mass is 35.5. The van der Waals surface area contributed by atoms with Crippen LogP contribution < -0.4 is 11.1 Å². The van der Waals surface area contributed by atoms with E-state index in [9.17, 15) is 22.8 Å². The Kier molecular flexibility index (Phi) is 5.76. The third kappa shape index (κ3) is 4.66. The molecule has 0 heterocycles. The smallest absolute Gasteiger partial charge is 0.418 e. The zero-order valence-electron chi connectivity index (χ0n) is 13.4. The van der Waals surface area contributed by atoms with Gasteiger partial charge in [-0.1, -0.05) is 23.7 Å². The van der Waals surface area contributed by atoms with E-state index in [2.05, 4.69) is 5.32 Å². The lowest BCUT2D eigenvalue weighted by molar-refractivity contribution is -0.137. The first-order chi connectivity index (χ1) is 12.1. The maximum atomic E-state index is 12.9. The molecular formula is C17H14ClF3N2O3. The van der Waals surface area contributed by atoms with Crippen LogP contribution in [-0.2, 0) is 15.7 Å². The molecule has 0 aliphatic carbocycles. The molecule has 26 heavy (non-hydrogen) atoms. The fourth-order valence-corrected chi connectivity index (χ4v) is 2.25. The molecule has 5 nitrogen and oxygen atoms in total. The molecule has 3 N–H and O–H groups in total. The Morgan fingerprint density at radius 2 is 1.85 bits per heavy atom. The van der Waals surface area contributed by atoms with Crippen LogP contribution >= 0.6 is 11.6 Å². The molecule has 0 aromatic heterocycles. The van der Waals surface area contributed by atoms with Crippen LogP contribution in [0.15, 0.2) is 42.5 Å². The van der Waals surface area contributed by atoms with Crippen molar-refractivity contribution in [2.75, 3.05) is 11.1 Å². The van der Waals surface area contributed by atoms with Gasteiger partial charge < -0.3 is 15.8 Å². The molecule has 2 aromatic carbocycles. The summed E-state index contributed by atoms with van der Waals surface area (Å²) in [5, 5.41) is 2.42. The van der Waals surface area contributed by atoms with Gasteiger partial charge in [-0.2, -0.15) is 13.2 Å². The van der Waals surface area contributed by atoms with E-state index in [1.807, 2.05) is 0 Å². The summed E-state index contributed by atoms with van der Waals surface area (Å²) >= 11 is 5.73. The topological polar surface area (TPSA) is 81.4 Å². The summed E-state index contributed by atoms with van der Waals surface area (Å²) in [6, 6.07) is 8.55. The molecule has 138 valence electrons. The SMILES string of the molecule is C[C@@H](OC(=O)c1ccc(Cl)cc1N)C(=O)Nc1ccccc1C(F)(F)F. The Hall–Kier alpha value is -2.74. The minimum absolute atomic E-state index is 0.00950. The first-order valence-electron chi connectivity index (χ1n) is 7.32. The second kappa shape index (κ2) is 7.65. The van der Waals surface area contributed by atoms with Crippen LogP contribution in [0.4, 0.5) is 24.5 Å².